The molecule has 4 nitrogen and oxygen atoms in total. The second kappa shape index (κ2) is 8.83. The van der Waals surface area contributed by atoms with Gasteiger partial charge in [-0.3, -0.25) is 4.90 Å². The molecule has 2 aromatic carbocycles. The van der Waals surface area contributed by atoms with E-state index in [9.17, 15) is 4.39 Å². The van der Waals surface area contributed by atoms with Crippen molar-refractivity contribution in [3.63, 3.8) is 0 Å². The van der Waals surface area contributed by atoms with Crippen molar-refractivity contribution in [3.05, 3.63) is 59.9 Å². The SMILES string of the molecule is COc1ccc(F)c(NCCC2CN(Cc3ccccc3)CCN2)c1. The summed E-state index contributed by atoms with van der Waals surface area (Å²) < 4.78 is 19.0. The van der Waals surface area contributed by atoms with Gasteiger partial charge in [-0.25, -0.2) is 4.39 Å². The average molecular weight is 343 g/mol. The van der Waals surface area contributed by atoms with E-state index in [2.05, 4.69) is 39.8 Å². The van der Waals surface area contributed by atoms with Gasteiger partial charge in [0.05, 0.1) is 12.8 Å². The molecule has 0 saturated carbocycles. The van der Waals surface area contributed by atoms with Crippen LogP contribution in [0.1, 0.15) is 12.0 Å². The van der Waals surface area contributed by atoms with E-state index >= 15 is 0 Å². The Hall–Kier alpha value is -2.11. The van der Waals surface area contributed by atoms with Gasteiger partial charge in [-0.1, -0.05) is 30.3 Å². The minimum atomic E-state index is -0.247. The fourth-order valence-electron chi connectivity index (χ4n) is 3.22. The minimum Gasteiger partial charge on any atom is -0.497 e. The first-order chi connectivity index (χ1) is 12.2. The molecule has 1 aliphatic heterocycles. The molecule has 0 bridgehead atoms. The van der Waals surface area contributed by atoms with Crippen molar-refractivity contribution in [2.24, 2.45) is 0 Å². The van der Waals surface area contributed by atoms with Crippen LogP contribution < -0.4 is 15.4 Å². The summed E-state index contributed by atoms with van der Waals surface area (Å²) in [7, 11) is 1.59. The van der Waals surface area contributed by atoms with Gasteiger partial charge < -0.3 is 15.4 Å². The Bertz CT molecular complexity index is 665. The van der Waals surface area contributed by atoms with Gasteiger partial charge in [0.15, 0.2) is 0 Å². The Balaban J connectivity index is 1.47. The standard InChI is InChI=1S/C20H26FN3O/c1-25-18-7-8-19(21)20(13-18)23-10-9-17-15-24(12-11-22-17)14-16-5-3-2-4-6-16/h2-8,13,17,22-23H,9-12,14-15H2,1H3. The third kappa shape index (κ3) is 5.18. The number of halogens is 1. The number of ether oxygens (including phenoxy) is 1. The number of nitrogens with one attached hydrogen (secondary N) is 2. The zero-order valence-electron chi connectivity index (χ0n) is 14.7. The molecule has 2 aromatic rings. The van der Waals surface area contributed by atoms with Crippen molar-refractivity contribution in [2.75, 3.05) is 38.6 Å². The highest BCUT2D eigenvalue weighted by molar-refractivity contribution is 5.49. The summed E-state index contributed by atoms with van der Waals surface area (Å²) in [6, 6.07) is 15.7. The molecule has 1 saturated heterocycles. The number of hydrogen-bond acceptors (Lipinski definition) is 4. The summed E-state index contributed by atoms with van der Waals surface area (Å²) >= 11 is 0. The van der Waals surface area contributed by atoms with Gasteiger partial charge in [0.1, 0.15) is 11.6 Å². The van der Waals surface area contributed by atoms with Gasteiger partial charge in [-0.2, -0.15) is 0 Å². The maximum absolute atomic E-state index is 13.8. The molecule has 0 spiro atoms. The van der Waals surface area contributed by atoms with E-state index in [-0.39, 0.29) is 5.82 Å². The molecular formula is C20H26FN3O. The van der Waals surface area contributed by atoms with Crippen molar-refractivity contribution in [1.82, 2.24) is 10.2 Å². The lowest BCUT2D eigenvalue weighted by Crippen LogP contribution is -2.50. The zero-order valence-corrected chi connectivity index (χ0v) is 14.7. The molecule has 0 aliphatic carbocycles. The number of methoxy groups -OCH3 is 1. The second-order valence-electron chi connectivity index (χ2n) is 6.43. The third-order valence-corrected chi connectivity index (χ3v) is 4.57. The molecular weight excluding hydrogens is 317 g/mol. The molecule has 5 heteroatoms. The summed E-state index contributed by atoms with van der Waals surface area (Å²) in [6.07, 6.45) is 0.946. The Labute approximate surface area is 149 Å². The monoisotopic (exact) mass is 343 g/mol. The van der Waals surface area contributed by atoms with Gasteiger partial charge in [0.25, 0.3) is 0 Å². The quantitative estimate of drug-likeness (QED) is 0.810. The second-order valence-corrected chi connectivity index (χ2v) is 6.43. The highest BCUT2D eigenvalue weighted by Gasteiger charge is 2.19. The lowest BCUT2D eigenvalue weighted by molar-refractivity contribution is 0.189. The molecule has 3 rings (SSSR count). The maximum atomic E-state index is 13.8. The van der Waals surface area contributed by atoms with Gasteiger partial charge in [-0.15, -0.1) is 0 Å². The molecule has 0 radical (unpaired) electrons. The molecule has 2 N–H and O–H groups in total. The first kappa shape index (κ1) is 17.7. The van der Waals surface area contributed by atoms with Crippen molar-refractivity contribution in [1.29, 1.82) is 0 Å². The fourth-order valence-corrected chi connectivity index (χ4v) is 3.22. The van der Waals surface area contributed by atoms with Crippen LogP contribution in [-0.2, 0) is 6.54 Å². The first-order valence-electron chi connectivity index (χ1n) is 8.81. The number of nitrogens with zero attached hydrogens (tertiary/aromatic N) is 1. The Morgan fingerprint density at radius 1 is 1.24 bits per heavy atom. The van der Waals surface area contributed by atoms with Crippen molar-refractivity contribution in [3.8, 4) is 5.75 Å². The van der Waals surface area contributed by atoms with Crippen LogP contribution in [0.25, 0.3) is 0 Å². The number of rotatable bonds is 7. The maximum Gasteiger partial charge on any atom is 0.146 e. The van der Waals surface area contributed by atoms with Crippen LogP contribution in [0.3, 0.4) is 0 Å². The van der Waals surface area contributed by atoms with Gasteiger partial charge in [0, 0.05) is 44.8 Å². The van der Waals surface area contributed by atoms with Crippen LogP contribution >= 0.6 is 0 Å². The Morgan fingerprint density at radius 2 is 2.08 bits per heavy atom. The van der Waals surface area contributed by atoms with Gasteiger partial charge >= 0.3 is 0 Å². The smallest absolute Gasteiger partial charge is 0.146 e. The molecule has 1 unspecified atom stereocenters. The number of piperazine rings is 1. The predicted molar refractivity (Wildman–Crippen MR) is 99.6 cm³/mol. The highest BCUT2D eigenvalue weighted by atomic mass is 19.1. The Morgan fingerprint density at radius 3 is 2.88 bits per heavy atom. The summed E-state index contributed by atoms with van der Waals surface area (Å²) in [4.78, 5) is 2.47. The molecule has 0 amide bonds. The van der Waals surface area contributed by atoms with Crippen LogP contribution in [0.5, 0.6) is 5.75 Å². The first-order valence-corrected chi connectivity index (χ1v) is 8.81. The summed E-state index contributed by atoms with van der Waals surface area (Å²) in [5.74, 6) is 0.414. The van der Waals surface area contributed by atoms with Crippen LogP contribution in [0, 0.1) is 5.82 Å². The van der Waals surface area contributed by atoms with E-state index in [1.54, 1.807) is 19.2 Å². The minimum absolute atomic E-state index is 0.247. The third-order valence-electron chi connectivity index (χ3n) is 4.57. The van der Waals surface area contributed by atoms with Crippen molar-refractivity contribution < 1.29 is 9.13 Å². The fraction of sp³-hybridized carbons (Fsp3) is 0.400. The van der Waals surface area contributed by atoms with Gasteiger partial charge in [0.2, 0.25) is 0 Å². The van der Waals surface area contributed by atoms with Crippen LogP contribution in [-0.4, -0.2) is 44.2 Å². The average Bonchev–Trinajstić information content (AvgIpc) is 2.64. The lowest BCUT2D eigenvalue weighted by atomic mass is 10.1. The topological polar surface area (TPSA) is 36.5 Å². The van der Waals surface area contributed by atoms with E-state index in [4.69, 9.17) is 4.74 Å². The van der Waals surface area contributed by atoms with E-state index in [1.165, 1.54) is 11.6 Å². The number of anilines is 1. The Kier molecular flexibility index (Phi) is 6.25. The molecule has 1 atom stereocenters. The number of benzene rings is 2. The number of hydrogen-bond donors (Lipinski definition) is 2. The van der Waals surface area contributed by atoms with E-state index in [1.807, 2.05) is 6.07 Å². The van der Waals surface area contributed by atoms with Crippen molar-refractivity contribution in [2.45, 2.75) is 19.0 Å². The molecule has 0 aromatic heterocycles. The van der Waals surface area contributed by atoms with E-state index in [0.717, 1.165) is 39.1 Å². The van der Waals surface area contributed by atoms with E-state index in [0.29, 0.717) is 17.5 Å². The van der Waals surface area contributed by atoms with E-state index < -0.39 is 0 Å². The van der Waals surface area contributed by atoms with Crippen LogP contribution in [0.15, 0.2) is 48.5 Å². The molecule has 25 heavy (non-hydrogen) atoms. The summed E-state index contributed by atoms with van der Waals surface area (Å²) in [6.45, 7) is 4.77. The summed E-state index contributed by atoms with van der Waals surface area (Å²) in [5.41, 5.74) is 1.84. The summed E-state index contributed by atoms with van der Waals surface area (Å²) in [5, 5.41) is 6.74. The largest absolute Gasteiger partial charge is 0.497 e. The van der Waals surface area contributed by atoms with Crippen LogP contribution in [0.2, 0.25) is 0 Å². The van der Waals surface area contributed by atoms with Crippen molar-refractivity contribution >= 4 is 5.69 Å². The zero-order chi connectivity index (χ0) is 17.5. The molecule has 134 valence electrons. The molecule has 1 fully saturated rings. The highest BCUT2D eigenvalue weighted by Crippen LogP contribution is 2.21. The molecule has 1 heterocycles. The van der Waals surface area contributed by atoms with Crippen LogP contribution in [0.4, 0.5) is 10.1 Å². The lowest BCUT2D eigenvalue weighted by Gasteiger charge is -2.34. The normalized spacial score (nSPS) is 18.1. The van der Waals surface area contributed by atoms with Gasteiger partial charge in [-0.05, 0) is 24.1 Å². The molecule has 1 aliphatic rings. The predicted octanol–water partition coefficient (Wildman–Crippen LogP) is 3.11.